The molecule has 1 aliphatic rings. The molecule has 0 saturated heterocycles. The smallest absolute Gasteiger partial charge is 0.303 e. The van der Waals surface area contributed by atoms with Crippen molar-refractivity contribution in [2.24, 2.45) is 11.8 Å². The van der Waals surface area contributed by atoms with E-state index in [0.29, 0.717) is 18.3 Å². The molecule has 1 saturated carbocycles. The Morgan fingerprint density at radius 1 is 1.08 bits per heavy atom. The molecule has 0 spiro atoms. The molecule has 0 aromatic heterocycles. The molecule has 3 atom stereocenters. The zero-order valence-electron chi connectivity index (χ0n) is 14.7. The van der Waals surface area contributed by atoms with Crippen molar-refractivity contribution in [2.75, 3.05) is 0 Å². The fourth-order valence-corrected chi connectivity index (χ4v) is 4.02. The normalized spacial score (nSPS) is 22.2. The molecule has 1 aliphatic carbocycles. The molecule has 0 aliphatic heterocycles. The predicted molar refractivity (Wildman–Crippen MR) is 96.9 cm³/mol. The number of aliphatic hydroxyl groups is 1. The van der Waals surface area contributed by atoms with E-state index in [9.17, 15) is 9.90 Å². The zero-order chi connectivity index (χ0) is 17.2. The van der Waals surface area contributed by atoms with Gasteiger partial charge >= 0.3 is 5.97 Å². The third-order valence-electron chi connectivity index (χ3n) is 5.36. The molecule has 1 aromatic carbocycles. The molecule has 24 heavy (non-hydrogen) atoms. The molecule has 1 aromatic rings. The number of hydrogen-bond acceptors (Lipinski definition) is 2. The van der Waals surface area contributed by atoms with Crippen molar-refractivity contribution in [3.8, 4) is 0 Å². The van der Waals surface area contributed by atoms with Gasteiger partial charge in [-0.1, -0.05) is 49.6 Å². The van der Waals surface area contributed by atoms with Gasteiger partial charge in [0, 0.05) is 6.42 Å². The Labute approximate surface area is 146 Å². The van der Waals surface area contributed by atoms with Gasteiger partial charge in [-0.2, -0.15) is 0 Å². The second kappa shape index (κ2) is 10.5. The van der Waals surface area contributed by atoms with Crippen LogP contribution in [-0.2, 0) is 11.2 Å². The van der Waals surface area contributed by atoms with Gasteiger partial charge in [0.05, 0.1) is 6.10 Å². The highest BCUT2D eigenvalue weighted by Gasteiger charge is 2.24. The van der Waals surface area contributed by atoms with Gasteiger partial charge in [0.2, 0.25) is 0 Å². The summed E-state index contributed by atoms with van der Waals surface area (Å²) >= 11 is 0. The number of unbranched alkanes of at least 4 members (excludes halogenated alkanes) is 1. The molecule has 2 rings (SSSR count). The molecule has 134 valence electrons. The maximum absolute atomic E-state index is 10.8. The molecule has 0 amide bonds. The van der Waals surface area contributed by atoms with Crippen LogP contribution in [0.3, 0.4) is 0 Å². The number of aryl methyl sites for hydroxylation is 1. The largest absolute Gasteiger partial charge is 0.481 e. The Morgan fingerprint density at radius 2 is 1.83 bits per heavy atom. The Hall–Kier alpha value is -1.35. The summed E-state index contributed by atoms with van der Waals surface area (Å²) in [6.45, 7) is 0. The molecule has 0 heterocycles. The van der Waals surface area contributed by atoms with Crippen molar-refractivity contribution in [1.29, 1.82) is 0 Å². The average molecular weight is 332 g/mol. The van der Waals surface area contributed by atoms with Crippen LogP contribution in [0.1, 0.15) is 69.8 Å². The first-order valence-electron chi connectivity index (χ1n) is 9.57. The van der Waals surface area contributed by atoms with E-state index in [4.69, 9.17) is 5.11 Å². The number of benzene rings is 1. The van der Waals surface area contributed by atoms with E-state index in [-0.39, 0.29) is 6.10 Å². The number of carboxylic acids is 1. The number of hydrogen-bond donors (Lipinski definition) is 2. The third-order valence-corrected chi connectivity index (χ3v) is 5.36. The minimum absolute atomic E-state index is 0.194. The first kappa shape index (κ1) is 19.0. The van der Waals surface area contributed by atoms with Crippen LogP contribution in [0.5, 0.6) is 0 Å². The standard InChI is InChI=1S/C21H32O3/c22-20(12-5-4-9-17-7-2-1-3-8-17)14-13-18-10-6-11-19(15-18)16-21(23)24/h1-3,7-8,18-20,22H,4-6,9-16H2,(H,23,24)/t18-,19+,20?/m1/s1. The third kappa shape index (κ3) is 7.48. The van der Waals surface area contributed by atoms with E-state index in [2.05, 4.69) is 24.3 Å². The maximum Gasteiger partial charge on any atom is 0.303 e. The number of carboxylic acid groups (broad SMARTS) is 1. The van der Waals surface area contributed by atoms with E-state index in [1.54, 1.807) is 0 Å². The van der Waals surface area contributed by atoms with Crippen LogP contribution in [-0.4, -0.2) is 22.3 Å². The summed E-state index contributed by atoms with van der Waals surface area (Å²) in [5.41, 5.74) is 1.37. The van der Waals surface area contributed by atoms with Crippen LogP contribution >= 0.6 is 0 Å². The topological polar surface area (TPSA) is 57.5 Å². The molecular weight excluding hydrogens is 300 g/mol. The number of rotatable bonds is 10. The van der Waals surface area contributed by atoms with Crippen LogP contribution in [0.15, 0.2) is 30.3 Å². The molecule has 1 fully saturated rings. The SMILES string of the molecule is O=C(O)C[C@H]1CCC[C@H](CCC(O)CCCCc2ccccc2)C1. The van der Waals surface area contributed by atoms with Gasteiger partial charge in [-0.15, -0.1) is 0 Å². The number of carbonyl (C=O) groups is 1. The van der Waals surface area contributed by atoms with Crippen molar-refractivity contribution in [2.45, 2.75) is 76.7 Å². The Bertz CT molecular complexity index is 471. The summed E-state index contributed by atoms with van der Waals surface area (Å²) < 4.78 is 0. The zero-order valence-corrected chi connectivity index (χ0v) is 14.7. The summed E-state index contributed by atoms with van der Waals surface area (Å²) in [4.78, 5) is 10.8. The predicted octanol–water partition coefficient (Wildman–Crippen LogP) is 4.82. The van der Waals surface area contributed by atoms with Gasteiger partial charge in [-0.3, -0.25) is 4.79 Å². The summed E-state index contributed by atoms with van der Waals surface area (Å²) in [6.07, 6.45) is 10.7. The minimum atomic E-state index is -0.667. The molecule has 3 nitrogen and oxygen atoms in total. The van der Waals surface area contributed by atoms with Gasteiger partial charge < -0.3 is 10.2 Å². The highest BCUT2D eigenvalue weighted by molar-refractivity contribution is 5.67. The van der Waals surface area contributed by atoms with E-state index >= 15 is 0 Å². The van der Waals surface area contributed by atoms with Crippen LogP contribution < -0.4 is 0 Å². The van der Waals surface area contributed by atoms with Gasteiger partial charge in [0.25, 0.3) is 0 Å². The molecule has 2 N–H and O–H groups in total. The van der Waals surface area contributed by atoms with E-state index in [0.717, 1.165) is 57.8 Å². The number of aliphatic hydroxyl groups excluding tert-OH is 1. The Morgan fingerprint density at radius 3 is 2.58 bits per heavy atom. The number of aliphatic carboxylic acids is 1. The second-order valence-electron chi connectivity index (χ2n) is 7.46. The van der Waals surface area contributed by atoms with Crippen LogP contribution in [0.2, 0.25) is 0 Å². The molecule has 0 radical (unpaired) electrons. The molecular formula is C21H32O3. The summed E-state index contributed by atoms with van der Waals surface area (Å²) in [5.74, 6) is 0.297. The van der Waals surface area contributed by atoms with Gasteiger partial charge in [-0.05, 0) is 62.3 Å². The fourth-order valence-electron chi connectivity index (χ4n) is 4.02. The van der Waals surface area contributed by atoms with Gasteiger partial charge in [0.1, 0.15) is 0 Å². The maximum atomic E-state index is 10.8. The molecule has 3 heteroatoms. The monoisotopic (exact) mass is 332 g/mol. The van der Waals surface area contributed by atoms with Crippen molar-refractivity contribution in [3.05, 3.63) is 35.9 Å². The quantitative estimate of drug-likeness (QED) is 0.604. The average Bonchev–Trinajstić information content (AvgIpc) is 2.58. The Kier molecular flexibility index (Phi) is 8.31. The lowest BCUT2D eigenvalue weighted by Crippen LogP contribution is -2.19. The van der Waals surface area contributed by atoms with Crippen LogP contribution in [0, 0.1) is 11.8 Å². The van der Waals surface area contributed by atoms with Crippen molar-refractivity contribution < 1.29 is 15.0 Å². The van der Waals surface area contributed by atoms with E-state index in [1.165, 1.54) is 12.0 Å². The lowest BCUT2D eigenvalue weighted by Gasteiger charge is -2.28. The summed E-state index contributed by atoms with van der Waals surface area (Å²) in [5, 5.41) is 19.1. The van der Waals surface area contributed by atoms with Crippen molar-refractivity contribution >= 4 is 5.97 Å². The lowest BCUT2D eigenvalue weighted by atomic mass is 9.77. The van der Waals surface area contributed by atoms with Gasteiger partial charge in [-0.25, -0.2) is 0 Å². The fraction of sp³-hybridized carbons (Fsp3) is 0.667. The van der Waals surface area contributed by atoms with Crippen LogP contribution in [0.4, 0.5) is 0 Å². The lowest BCUT2D eigenvalue weighted by molar-refractivity contribution is -0.138. The van der Waals surface area contributed by atoms with Crippen molar-refractivity contribution in [3.63, 3.8) is 0 Å². The van der Waals surface area contributed by atoms with E-state index in [1.807, 2.05) is 6.07 Å². The summed E-state index contributed by atoms with van der Waals surface area (Å²) in [7, 11) is 0. The first-order valence-corrected chi connectivity index (χ1v) is 9.57. The van der Waals surface area contributed by atoms with Crippen molar-refractivity contribution in [1.82, 2.24) is 0 Å². The highest BCUT2D eigenvalue weighted by Crippen LogP contribution is 2.34. The Balaban J connectivity index is 1.55. The van der Waals surface area contributed by atoms with Crippen LogP contribution in [0.25, 0.3) is 0 Å². The summed E-state index contributed by atoms with van der Waals surface area (Å²) in [6, 6.07) is 10.5. The first-order chi connectivity index (χ1) is 11.6. The molecule has 1 unspecified atom stereocenters. The minimum Gasteiger partial charge on any atom is -0.481 e. The second-order valence-corrected chi connectivity index (χ2v) is 7.46. The molecule has 0 bridgehead atoms. The highest BCUT2D eigenvalue weighted by atomic mass is 16.4. The van der Waals surface area contributed by atoms with E-state index < -0.39 is 5.97 Å². The van der Waals surface area contributed by atoms with Gasteiger partial charge in [0.15, 0.2) is 0 Å².